The van der Waals surface area contributed by atoms with Crippen molar-refractivity contribution < 1.29 is 4.74 Å². The molecule has 1 unspecified atom stereocenters. The Labute approximate surface area is 92.7 Å². The van der Waals surface area contributed by atoms with Crippen molar-refractivity contribution in [2.75, 3.05) is 6.61 Å². The highest BCUT2D eigenvalue weighted by Gasteiger charge is 2.16. The van der Waals surface area contributed by atoms with Crippen LogP contribution in [0, 0.1) is 0 Å². The molecule has 0 fully saturated rings. The van der Waals surface area contributed by atoms with E-state index in [1.807, 2.05) is 18.3 Å². The maximum Gasteiger partial charge on any atom is 0.0598 e. The third kappa shape index (κ3) is 4.43. The average Bonchev–Trinajstić information content (AvgIpc) is 2.19. The minimum Gasteiger partial charge on any atom is -0.375 e. The first-order valence-corrected chi connectivity index (χ1v) is 5.58. The maximum absolute atomic E-state index is 5.80. The molecule has 0 saturated carbocycles. The van der Waals surface area contributed by atoms with Gasteiger partial charge in [0.1, 0.15) is 0 Å². The largest absolute Gasteiger partial charge is 0.375 e. The van der Waals surface area contributed by atoms with E-state index in [0.29, 0.717) is 5.92 Å². The van der Waals surface area contributed by atoms with E-state index in [1.165, 1.54) is 0 Å². The molecule has 0 aliphatic heterocycles. The molecular formula is C13H21NO. The summed E-state index contributed by atoms with van der Waals surface area (Å²) in [4.78, 5) is 4.37. The number of hydrogen-bond donors (Lipinski definition) is 0. The second-order valence-corrected chi connectivity index (χ2v) is 4.78. The van der Waals surface area contributed by atoms with Gasteiger partial charge in [-0.3, -0.25) is 4.98 Å². The first-order chi connectivity index (χ1) is 7.03. The molecule has 0 bridgehead atoms. The summed E-state index contributed by atoms with van der Waals surface area (Å²) in [6.07, 6.45) is 2.90. The van der Waals surface area contributed by atoms with Crippen molar-refractivity contribution in [1.29, 1.82) is 0 Å². The molecule has 0 radical (unpaired) electrons. The zero-order chi connectivity index (χ0) is 11.3. The lowest BCUT2D eigenvalue weighted by Crippen LogP contribution is -2.23. The van der Waals surface area contributed by atoms with E-state index in [4.69, 9.17) is 4.74 Å². The monoisotopic (exact) mass is 207 g/mol. The van der Waals surface area contributed by atoms with Crippen molar-refractivity contribution in [1.82, 2.24) is 4.98 Å². The van der Waals surface area contributed by atoms with Crippen LogP contribution in [0.15, 0.2) is 24.4 Å². The SMILES string of the molecule is CCC(COC(C)(C)C)c1ccccn1. The minimum atomic E-state index is -0.0673. The summed E-state index contributed by atoms with van der Waals surface area (Å²) in [6.45, 7) is 9.16. The van der Waals surface area contributed by atoms with Gasteiger partial charge in [-0.25, -0.2) is 0 Å². The van der Waals surface area contributed by atoms with Crippen LogP contribution >= 0.6 is 0 Å². The smallest absolute Gasteiger partial charge is 0.0598 e. The molecule has 15 heavy (non-hydrogen) atoms. The van der Waals surface area contributed by atoms with Crippen LogP contribution in [-0.2, 0) is 4.74 Å². The summed E-state index contributed by atoms with van der Waals surface area (Å²) >= 11 is 0. The Morgan fingerprint density at radius 2 is 2.07 bits per heavy atom. The van der Waals surface area contributed by atoms with Crippen LogP contribution < -0.4 is 0 Å². The molecule has 1 heterocycles. The summed E-state index contributed by atoms with van der Waals surface area (Å²) in [6, 6.07) is 6.04. The van der Waals surface area contributed by atoms with Crippen molar-refractivity contribution in [3.8, 4) is 0 Å². The van der Waals surface area contributed by atoms with Gasteiger partial charge >= 0.3 is 0 Å². The molecule has 1 atom stereocenters. The zero-order valence-electron chi connectivity index (χ0n) is 10.2. The standard InChI is InChI=1S/C13H21NO/c1-5-11(10-15-13(2,3)4)12-8-6-7-9-14-12/h6-9,11H,5,10H2,1-4H3. The lowest BCUT2D eigenvalue weighted by molar-refractivity contribution is -0.0117. The van der Waals surface area contributed by atoms with E-state index in [-0.39, 0.29) is 5.60 Å². The average molecular weight is 207 g/mol. The van der Waals surface area contributed by atoms with E-state index in [1.54, 1.807) is 0 Å². The minimum absolute atomic E-state index is 0.0673. The van der Waals surface area contributed by atoms with Crippen LogP contribution in [0.2, 0.25) is 0 Å². The molecular weight excluding hydrogens is 186 g/mol. The van der Waals surface area contributed by atoms with Crippen molar-refractivity contribution in [2.24, 2.45) is 0 Å². The van der Waals surface area contributed by atoms with Crippen LogP contribution in [0.25, 0.3) is 0 Å². The molecule has 2 nitrogen and oxygen atoms in total. The molecule has 0 N–H and O–H groups in total. The molecule has 0 aliphatic carbocycles. The summed E-state index contributed by atoms with van der Waals surface area (Å²) in [5, 5.41) is 0. The van der Waals surface area contributed by atoms with Crippen LogP contribution in [0.4, 0.5) is 0 Å². The first kappa shape index (κ1) is 12.2. The normalized spacial score (nSPS) is 13.9. The van der Waals surface area contributed by atoms with Crippen LogP contribution in [0.5, 0.6) is 0 Å². The predicted octanol–water partition coefficient (Wildman–Crippen LogP) is 3.39. The Morgan fingerprint density at radius 3 is 2.53 bits per heavy atom. The number of rotatable bonds is 4. The lowest BCUT2D eigenvalue weighted by atomic mass is 10.0. The zero-order valence-corrected chi connectivity index (χ0v) is 10.2. The Morgan fingerprint density at radius 1 is 1.33 bits per heavy atom. The van der Waals surface area contributed by atoms with Crippen molar-refractivity contribution >= 4 is 0 Å². The number of aromatic nitrogens is 1. The van der Waals surface area contributed by atoms with Crippen LogP contribution in [0.1, 0.15) is 45.7 Å². The lowest BCUT2D eigenvalue weighted by Gasteiger charge is -2.23. The number of pyridine rings is 1. The second-order valence-electron chi connectivity index (χ2n) is 4.78. The Bertz CT molecular complexity index is 276. The topological polar surface area (TPSA) is 22.1 Å². The van der Waals surface area contributed by atoms with Gasteiger partial charge in [-0.05, 0) is 39.3 Å². The third-order valence-corrected chi connectivity index (χ3v) is 2.32. The van der Waals surface area contributed by atoms with Gasteiger partial charge < -0.3 is 4.74 Å². The molecule has 0 aliphatic rings. The highest BCUT2D eigenvalue weighted by molar-refractivity contribution is 5.09. The summed E-state index contributed by atoms with van der Waals surface area (Å²) in [5.74, 6) is 0.408. The molecule has 0 saturated heterocycles. The molecule has 2 heteroatoms. The van der Waals surface area contributed by atoms with Crippen molar-refractivity contribution in [2.45, 2.75) is 45.6 Å². The van der Waals surface area contributed by atoms with E-state index in [2.05, 4.69) is 38.7 Å². The van der Waals surface area contributed by atoms with Gasteiger partial charge in [0.2, 0.25) is 0 Å². The van der Waals surface area contributed by atoms with Gasteiger partial charge in [0.05, 0.1) is 12.2 Å². The van der Waals surface area contributed by atoms with E-state index >= 15 is 0 Å². The van der Waals surface area contributed by atoms with E-state index in [0.717, 1.165) is 18.7 Å². The Balaban J connectivity index is 2.58. The molecule has 1 aromatic rings. The summed E-state index contributed by atoms with van der Waals surface area (Å²) < 4.78 is 5.80. The molecule has 1 aromatic heterocycles. The quantitative estimate of drug-likeness (QED) is 0.755. The van der Waals surface area contributed by atoms with Crippen molar-refractivity contribution in [3.63, 3.8) is 0 Å². The van der Waals surface area contributed by atoms with E-state index in [9.17, 15) is 0 Å². The van der Waals surface area contributed by atoms with Crippen LogP contribution in [0.3, 0.4) is 0 Å². The molecule has 0 amide bonds. The molecule has 84 valence electrons. The number of hydrogen-bond acceptors (Lipinski definition) is 2. The highest BCUT2D eigenvalue weighted by atomic mass is 16.5. The van der Waals surface area contributed by atoms with E-state index < -0.39 is 0 Å². The number of ether oxygens (including phenoxy) is 1. The fraction of sp³-hybridized carbons (Fsp3) is 0.615. The molecule has 0 aromatic carbocycles. The van der Waals surface area contributed by atoms with Gasteiger partial charge in [-0.1, -0.05) is 13.0 Å². The van der Waals surface area contributed by atoms with Gasteiger partial charge in [-0.15, -0.1) is 0 Å². The van der Waals surface area contributed by atoms with Gasteiger partial charge in [0.25, 0.3) is 0 Å². The summed E-state index contributed by atoms with van der Waals surface area (Å²) in [7, 11) is 0. The summed E-state index contributed by atoms with van der Waals surface area (Å²) in [5.41, 5.74) is 1.06. The fourth-order valence-electron chi connectivity index (χ4n) is 1.38. The molecule has 1 rings (SSSR count). The first-order valence-electron chi connectivity index (χ1n) is 5.58. The van der Waals surface area contributed by atoms with Crippen molar-refractivity contribution in [3.05, 3.63) is 30.1 Å². The second kappa shape index (κ2) is 5.26. The Hall–Kier alpha value is -0.890. The fourth-order valence-corrected chi connectivity index (χ4v) is 1.38. The van der Waals surface area contributed by atoms with Gasteiger partial charge in [-0.2, -0.15) is 0 Å². The predicted molar refractivity (Wildman–Crippen MR) is 63.0 cm³/mol. The van der Waals surface area contributed by atoms with Crippen LogP contribution in [-0.4, -0.2) is 17.2 Å². The Kier molecular flexibility index (Phi) is 4.28. The van der Waals surface area contributed by atoms with Gasteiger partial charge in [0, 0.05) is 17.8 Å². The highest BCUT2D eigenvalue weighted by Crippen LogP contribution is 2.20. The number of nitrogens with zero attached hydrogens (tertiary/aromatic N) is 1. The molecule has 0 spiro atoms. The van der Waals surface area contributed by atoms with Gasteiger partial charge in [0.15, 0.2) is 0 Å². The third-order valence-electron chi connectivity index (χ3n) is 2.32. The maximum atomic E-state index is 5.80.